The largest absolute Gasteiger partial charge is 0.340 e. The molecule has 7 heteroatoms. The quantitative estimate of drug-likeness (QED) is 0.559. The predicted octanol–water partition coefficient (Wildman–Crippen LogP) is 4.24. The summed E-state index contributed by atoms with van der Waals surface area (Å²) in [6.45, 7) is 4.95. The van der Waals surface area contributed by atoms with Gasteiger partial charge in [0.05, 0.1) is 5.25 Å². The van der Waals surface area contributed by atoms with E-state index in [1.807, 2.05) is 54.8 Å². The van der Waals surface area contributed by atoms with Gasteiger partial charge in [-0.1, -0.05) is 54.2 Å². The minimum atomic E-state index is -0.336. The van der Waals surface area contributed by atoms with Gasteiger partial charge in [-0.2, -0.15) is 0 Å². The average molecular weight is 399 g/mol. The van der Waals surface area contributed by atoms with E-state index in [4.69, 9.17) is 0 Å². The third kappa shape index (κ3) is 4.59. The standard InChI is InChI=1S/C21H23FN4OS/c1-4-26-19(17-10-6-5-7-11-17)23-24-21(26)28-15(2)20(27)25(3)14-16-9-8-12-18(22)13-16/h5-13,15H,4,14H2,1-3H3/t15-/m0/s1. The highest BCUT2D eigenvalue weighted by Gasteiger charge is 2.23. The minimum absolute atomic E-state index is 0.0406. The molecular formula is C21H23FN4OS. The molecule has 0 aliphatic heterocycles. The molecule has 0 bridgehead atoms. The summed E-state index contributed by atoms with van der Waals surface area (Å²) in [6, 6.07) is 16.2. The highest BCUT2D eigenvalue weighted by molar-refractivity contribution is 8.00. The summed E-state index contributed by atoms with van der Waals surface area (Å²) >= 11 is 1.38. The van der Waals surface area contributed by atoms with Gasteiger partial charge >= 0.3 is 0 Å². The van der Waals surface area contributed by atoms with E-state index in [0.717, 1.165) is 17.0 Å². The van der Waals surface area contributed by atoms with E-state index in [1.54, 1.807) is 18.0 Å². The molecule has 0 unspecified atom stereocenters. The summed E-state index contributed by atoms with van der Waals surface area (Å²) in [4.78, 5) is 14.4. The van der Waals surface area contributed by atoms with Gasteiger partial charge in [-0.3, -0.25) is 4.79 Å². The van der Waals surface area contributed by atoms with Crippen molar-refractivity contribution in [3.63, 3.8) is 0 Å². The molecule has 2 aromatic carbocycles. The van der Waals surface area contributed by atoms with Crippen molar-refractivity contribution in [3.8, 4) is 11.4 Å². The number of carbonyl (C=O) groups excluding carboxylic acids is 1. The van der Waals surface area contributed by atoms with Crippen LogP contribution < -0.4 is 0 Å². The normalized spacial score (nSPS) is 12.0. The number of halogens is 1. The maximum atomic E-state index is 13.4. The van der Waals surface area contributed by atoms with Crippen LogP contribution in [-0.2, 0) is 17.9 Å². The molecule has 5 nitrogen and oxygen atoms in total. The molecule has 0 aliphatic rings. The monoisotopic (exact) mass is 398 g/mol. The molecule has 0 saturated carbocycles. The SMILES string of the molecule is CCn1c(S[C@@H](C)C(=O)N(C)Cc2cccc(F)c2)nnc1-c1ccccc1. The van der Waals surface area contributed by atoms with Gasteiger partial charge in [0.15, 0.2) is 11.0 Å². The molecular weight excluding hydrogens is 375 g/mol. The highest BCUT2D eigenvalue weighted by atomic mass is 32.2. The van der Waals surface area contributed by atoms with Gasteiger partial charge in [-0.15, -0.1) is 10.2 Å². The molecule has 0 radical (unpaired) electrons. The number of aromatic nitrogens is 3. The third-order valence-electron chi connectivity index (χ3n) is 4.38. The lowest BCUT2D eigenvalue weighted by Crippen LogP contribution is -2.33. The number of nitrogens with zero attached hydrogens (tertiary/aromatic N) is 4. The zero-order valence-electron chi connectivity index (χ0n) is 16.2. The summed E-state index contributed by atoms with van der Waals surface area (Å²) in [5.74, 6) is 0.449. The lowest BCUT2D eigenvalue weighted by Gasteiger charge is -2.21. The van der Waals surface area contributed by atoms with Crippen LogP contribution in [0.25, 0.3) is 11.4 Å². The Bertz CT molecular complexity index is 945. The lowest BCUT2D eigenvalue weighted by atomic mass is 10.2. The molecule has 146 valence electrons. The summed E-state index contributed by atoms with van der Waals surface area (Å²) in [5, 5.41) is 8.99. The molecule has 0 saturated heterocycles. The van der Waals surface area contributed by atoms with Crippen molar-refractivity contribution < 1.29 is 9.18 Å². The van der Waals surface area contributed by atoms with Gasteiger partial charge in [0.2, 0.25) is 5.91 Å². The van der Waals surface area contributed by atoms with Crippen LogP contribution >= 0.6 is 11.8 Å². The van der Waals surface area contributed by atoms with Crippen molar-refractivity contribution in [2.24, 2.45) is 0 Å². The molecule has 1 heterocycles. The number of rotatable bonds is 7. The van der Waals surface area contributed by atoms with Gasteiger partial charge in [-0.25, -0.2) is 4.39 Å². The van der Waals surface area contributed by atoms with E-state index in [1.165, 1.54) is 23.9 Å². The van der Waals surface area contributed by atoms with Crippen LogP contribution in [0.4, 0.5) is 4.39 Å². The van der Waals surface area contributed by atoms with Crippen molar-refractivity contribution in [2.45, 2.75) is 37.3 Å². The van der Waals surface area contributed by atoms with Crippen molar-refractivity contribution in [1.82, 2.24) is 19.7 Å². The first-order chi connectivity index (χ1) is 13.5. The van der Waals surface area contributed by atoms with Gasteiger partial charge < -0.3 is 9.47 Å². The zero-order valence-corrected chi connectivity index (χ0v) is 17.0. The second-order valence-electron chi connectivity index (χ2n) is 6.50. The Labute approximate surface area is 168 Å². The van der Waals surface area contributed by atoms with Crippen LogP contribution in [0, 0.1) is 5.82 Å². The summed E-state index contributed by atoms with van der Waals surface area (Å²) < 4.78 is 15.4. The lowest BCUT2D eigenvalue weighted by molar-refractivity contribution is -0.129. The number of benzene rings is 2. The summed E-state index contributed by atoms with van der Waals surface area (Å²) in [6.07, 6.45) is 0. The summed E-state index contributed by atoms with van der Waals surface area (Å²) in [7, 11) is 1.73. The average Bonchev–Trinajstić information content (AvgIpc) is 3.10. The van der Waals surface area contributed by atoms with Gasteiger partial charge in [0.1, 0.15) is 5.82 Å². The molecule has 1 atom stereocenters. The third-order valence-corrected chi connectivity index (χ3v) is 5.45. The number of hydrogen-bond acceptors (Lipinski definition) is 4. The van der Waals surface area contributed by atoms with Crippen LogP contribution in [0.5, 0.6) is 0 Å². The Balaban J connectivity index is 1.71. The maximum absolute atomic E-state index is 13.4. The van der Waals surface area contributed by atoms with Gasteiger partial charge in [-0.05, 0) is 31.5 Å². The maximum Gasteiger partial charge on any atom is 0.235 e. The zero-order chi connectivity index (χ0) is 20.1. The van der Waals surface area contributed by atoms with E-state index < -0.39 is 0 Å². The molecule has 0 fully saturated rings. The summed E-state index contributed by atoms with van der Waals surface area (Å²) in [5.41, 5.74) is 1.75. The second kappa shape index (κ2) is 9.01. The first-order valence-corrected chi connectivity index (χ1v) is 10.0. The van der Waals surface area contributed by atoms with Crippen LogP contribution in [0.15, 0.2) is 59.8 Å². The molecule has 0 spiro atoms. The van der Waals surface area contributed by atoms with Gasteiger partial charge in [0, 0.05) is 25.7 Å². The van der Waals surface area contributed by atoms with Crippen molar-refractivity contribution in [3.05, 3.63) is 66.0 Å². The van der Waals surface area contributed by atoms with Crippen LogP contribution in [0.2, 0.25) is 0 Å². The van der Waals surface area contributed by atoms with Crippen LogP contribution in [0.1, 0.15) is 19.4 Å². The fraction of sp³-hybridized carbons (Fsp3) is 0.286. The fourth-order valence-electron chi connectivity index (χ4n) is 2.97. The molecule has 28 heavy (non-hydrogen) atoms. The van der Waals surface area contributed by atoms with E-state index in [9.17, 15) is 9.18 Å². The Morgan fingerprint density at radius 2 is 1.93 bits per heavy atom. The minimum Gasteiger partial charge on any atom is -0.340 e. The predicted molar refractivity (Wildman–Crippen MR) is 109 cm³/mol. The molecule has 3 aromatic rings. The highest BCUT2D eigenvalue weighted by Crippen LogP contribution is 2.27. The van der Waals surface area contributed by atoms with E-state index in [0.29, 0.717) is 18.2 Å². The first kappa shape index (κ1) is 20.1. The fourth-order valence-corrected chi connectivity index (χ4v) is 4.00. The van der Waals surface area contributed by atoms with Crippen LogP contribution in [0.3, 0.4) is 0 Å². The Morgan fingerprint density at radius 3 is 2.61 bits per heavy atom. The number of amides is 1. The second-order valence-corrected chi connectivity index (χ2v) is 7.81. The number of carbonyl (C=O) groups is 1. The topological polar surface area (TPSA) is 51.0 Å². The Hall–Kier alpha value is -2.67. The van der Waals surface area contributed by atoms with Crippen LogP contribution in [-0.4, -0.2) is 37.9 Å². The molecule has 0 aliphatic carbocycles. The van der Waals surface area contributed by atoms with Crippen molar-refractivity contribution >= 4 is 17.7 Å². The van der Waals surface area contributed by atoms with E-state index >= 15 is 0 Å². The molecule has 0 N–H and O–H groups in total. The van der Waals surface area contributed by atoms with E-state index in [-0.39, 0.29) is 17.0 Å². The first-order valence-electron chi connectivity index (χ1n) is 9.14. The molecule has 3 rings (SSSR count). The number of hydrogen-bond donors (Lipinski definition) is 0. The molecule has 1 aromatic heterocycles. The Morgan fingerprint density at radius 1 is 1.18 bits per heavy atom. The smallest absolute Gasteiger partial charge is 0.235 e. The molecule has 1 amide bonds. The number of thioether (sulfide) groups is 1. The van der Waals surface area contributed by atoms with E-state index in [2.05, 4.69) is 10.2 Å². The Kier molecular flexibility index (Phi) is 6.46. The van der Waals surface area contributed by atoms with Crippen molar-refractivity contribution in [1.29, 1.82) is 0 Å². The van der Waals surface area contributed by atoms with Gasteiger partial charge in [0.25, 0.3) is 0 Å². The van der Waals surface area contributed by atoms with Crippen molar-refractivity contribution in [2.75, 3.05) is 7.05 Å².